The van der Waals surface area contributed by atoms with E-state index in [1.54, 1.807) is 0 Å². The van der Waals surface area contributed by atoms with Crippen LogP contribution in [0.3, 0.4) is 0 Å². The molecule has 12 nitrogen and oxygen atoms in total. The number of nitro groups is 2. The lowest BCUT2D eigenvalue weighted by Crippen LogP contribution is -2.23. The van der Waals surface area contributed by atoms with Crippen LogP contribution in [0.1, 0.15) is 31.8 Å². The summed E-state index contributed by atoms with van der Waals surface area (Å²) >= 11 is 0. The topological polar surface area (TPSA) is 182 Å². The SMILES string of the molecule is O=C1c2c(O)ccc([N+](=O)[O-])c2C(=O)c2c([N+](=O)[O-])ccc(O)c21.c1ccc2c(c1)Nc1ccccc1O2. The van der Waals surface area contributed by atoms with Crippen LogP contribution in [0.15, 0.2) is 72.8 Å². The molecule has 6 rings (SSSR count). The van der Waals surface area contributed by atoms with Crippen molar-refractivity contribution in [2.75, 3.05) is 5.32 Å². The Morgan fingerprint density at radius 2 is 1.00 bits per heavy atom. The lowest BCUT2D eigenvalue weighted by molar-refractivity contribution is -0.385. The molecule has 0 radical (unpaired) electrons. The summed E-state index contributed by atoms with van der Waals surface area (Å²) in [7, 11) is 0. The molecule has 0 saturated heterocycles. The minimum absolute atomic E-state index is 0.669. The van der Waals surface area contributed by atoms with E-state index >= 15 is 0 Å². The van der Waals surface area contributed by atoms with E-state index in [0.29, 0.717) is 0 Å². The normalized spacial score (nSPS) is 12.3. The number of anilines is 2. The Hall–Kier alpha value is -5.78. The first kappa shape index (κ1) is 23.9. The predicted octanol–water partition coefficient (Wildman–Crippen LogP) is 5.23. The van der Waals surface area contributed by atoms with E-state index in [9.17, 15) is 40.0 Å². The van der Waals surface area contributed by atoms with Crippen molar-refractivity contribution < 1.29 is 34.4 Å². The Labute approximate surface area is 212 Å². The van der Waals surface area contributed by atoms with Gasteiger partial charge in [0.25, 0.3) is 11.4 Å². The number of hydrogen-bond acceptors (Lipinski definition) is 10. The van der Waals surface area contributed by atoms with E-state index in [4.69, 9.17) is 4.74 Å². The third kappa shape index (κ3) is 3.82. The van der Waals surface area contributed by atoms with E-state index in [2.05, 4.69) is 5.32 Å². The molecule has 0 unspecified atom stereocenters. The second-order valence-corrected chi connectivity index (χ2v) is 8.10. The lowest BCUT2D eigenvalue weighted by Gasteiger charge is -2.20. The zero-order valence-electron chi connectivity index (χ0n) is 19.1. The molecule has 0 atom stereocenters. The fourth-order valence-corrected chi connectivity index (χ4v) is 4.22. The molecule has 0 spiro atoms. The molecule has 0 bridgehead atoms. The first-order valence-corrected chi connectivity index (χ1v) is 10.9. The van der Waals surface area contributed by atoms with Crippen molar-refractivity contribution in [1.29, 1.82) is 0 Å². The van der Waals surface area contributed by atoms with Gasteiger partial charge in [-0.05, 0) is 36.4 Å². The number of ketones is 2. The van der Waals surface area contributed by atoms with Crippen LogP contribution in [0, 0.1) is 20.2 Å². The number of nitrogens with zero attached hydrogens (tertiary/aromatic N) is 2. The Balaban J connectivity index is 0.000000177. The second kappa shape index (κ2) is 9.02. The number of phenols is 2. The molecule has 188 valence electrons. The maximum atomic E-state index is 12.6. The molecule has 0 amide bonds. The minimum Gasteiger partial charge on any atom is -0.507 e. The van der Waals surface area contributed by atoms with Crippen molar-refractivity contribution in [1.82, 2.24) is 0 Å². The number of carbonyl (C=O) groups excluding carboxylic acids is 2. The molecule has 38 heavy (non-hydrogen) atoms. The number of benzene rings is 4. The first-order valence-electron chi connectivity index (χ1n) is 10.9. The van der Waals surface area contributed by atoms with E-state index in [0.717, 1.165) is 47.1 Å². The van der Waals surface area contributed by atoms with Gasteiger partial charge in [0, 0.05) is 12.1 Å². The summed E-state index contributed by atoms with van der Waals surface area (Å²) in [4.78, 5) is 45.5. The molecule has 12 heteroatoms. The van der Waals surface area contributed by atoms with Crippen LogP contribution in [0.25, 0.3) is 0 Å². The van der Waals surface area contributed by atoms with Gasteiger partial charge in [-0.1, -0.05) is 24.3 Å². The Morgan fingerprint density at radius 1 is 0.605 bits per heavy atom. The molecule has 0 aromatic heterocycles. The summed E-state index contributed by atoms with van der Waals surface area (Å²) in [5.41, 5.74) is -2.33. The largest absolute Gasteiger partial charge is 0.507 e. The summed E-state index contributed by atoms with van der Waals surface area (Å²) in [6.45, 7) is 0. The monoisotopic (exact) mass is 513 g/mol. The van der Waals surface area contributed by atoms with Gasteiger partial charge in [-0.3, -0.25) is 29.8 Å². The van der Waals surface area contributed by atoms with E-state index in [1.165, 1.54) is 0 Å². The summed E-state index contributed by atoms with van der Waals surface area (Å²) in [6, 6.07) is 19.2. The van der Waals surface area contributed by atoms with E-state index in [-0.39, 0.29) is 0 Å². The number of phenolic OH excluding ortho intramolecular Hbond substituents is 2. The van der Waals surface area contributed by atoms with E-state index < -0.39 is 66.5 Å². The number of hydrogen-bond donors (Lipinski definition) is 3. The van der Waals surface area contributed by atoms with Gasteiger partial charge in [-0.2, -0.15) is 0 Å². The standard InChI is InChI=1S/C14H6N2O8.C12H9NO/c17-7-3-1-5(15(21)22)9-11(7)14(20)12-8(18)4-2-6(16(23)24)10(12)13(9)19;1-3-7-11-9(5-1)13-10-6-2-4-8-12(10)14-11/h1-4,17-18H;1-8,13H. The van der Waals surface area contributed by atoms with Crippen LogP contribution >= 0.6 is 0 Å². The van der Waals surface area contributed by atoms with Gasteiger partial charge in [0.2, 0.25) is 11.6 Å². The smallest absolute Gasteiger partial charge is 0.281 e. The second-order valence-electron chi connectivity index (χ2n) is 8.10. The highest BCUT2D eigenvalue weighted by Gasteiger charge is 2.43. The Morgan fingerprint density at radius 3 is 1.42 bits per heavy atom. The third-order valence-corrected chi connectivity index (χ3v) is 5.89. The van der Waals surface area contributed by atoms with Crippen molar-refractivity contribution in [3.63, 3.8) is 0 Å². The highest BCUT2D eigenvalue weighted by atomic mass is 16.6. The summed E-state index contributed by atoms with van der Waals surface area (Å²) in [5, 5.41) is 45.2. The fourth-order valence-electron chi connectivity index (χ4n) is 4.22. The summed E-state index contributed by atoms with van der Waals surface area (Å²) in [5.74, 6) is -1.94. The summed E-state index contributed by atoms with van der Waals surface area (Å²) < 4.78 is 5.71. The lowest BCUT2D eigenvalue weighted by atomic mass is 9.81. The van der Waals surface area contributed by atoms with Crippen molar-refractivity contribution in [2.24, 2.45) is 0 Å². The number of rotatable bonds is 2. The molecule has 1 aliphatic carbocycles. The molecule has 4 aromatic rings. The van der Waals surface area contributed by atoms with E-state index in [1.807, 2.05) is 48.5 Å². The van der Waals surface area contributed by atoms with Crippen molar-refractivity contribution in [3.05, 3.63) is 115 Å². The minimum atomic E-state index is -1.19. The van der Waals surface area contributed by atoms with Gasteiger partial charge in [-0.15, -0.1) is 0 Å². The number of para-hydroxylation sites is 4. The molecular formula is C26H15N3O9. The zero-order chi connectivity index (χ0) is 27.1. The van der Waals surface area contributed by atoms with Gasteiger partial charge in [0.1, 0.15) is 22.6 Å². The maximum absolute atomic E-state index is 12.6. The quantitative estimate of drug-likeness (QED) is 0.205. The maximum Gasteiger partial charge on any atom is 0.281 e. The fraction of sp³-hybridized carbons (Fsp3) is 0. The third-order valence-electron chi connectivity index (χ3n) is 5.89. The van der Waals surface area contributed by atoms with Crippen molar-refractivity contribution >= 4 is 34.3 Å². The van der Waals surface area contributed by atoms with Gasteiger partial charge in [0.15, 0.2) is 11.5 Å². The Kier molecular flexibility index (Phi) is 5.68. The van der Waals surface area contributed by atoms with Crippen LogP contribution in [-0.2, 0) is 0 Å². The number of aromatic hydroxyl groups is 2. The number of nitrogens with one attached hydrogen (secondary N) is 1. The van der Waals surface area contributed by atoms with Gasteiger partial charge < -0.3 is 20.3 Å². The van der Waals surface area contributed by atoms with Crippen LogP contribution in [0.5, 0.6) is 23.0 Å². The zero-order valence-corrected chi connectivity index (χ0v) is 19.1. The van der Waals surface area contributed by atoms with Gasteiger partial charge in [0.05, 0.1) is 32.3 Å². The van der Waals surface area contributed by atoms with Crippen LogP contribution in [0.2, 0.25) is 0 Å². The first-order chi connectivity index (χ1) is 18.2. The average Bonchev–Trinajstić information content (AvgIpc) is 2.90. The molecule has 1 heterocycles. The molecule has 3 N–H and O–H groups in total. The summed E-state index contributed by atoms with van der Waals surface area (Å²) in [6.07, 6.45) is 0. The molecule has 0 saturated carbocycles. The van der Waals surface area contributed by atoms with Gasteiger partial charge in [-0.25, -0.2) is 0 Å². The molecule has 2 aliphatic rings. The number of ether oxygens (including phenoxy) is 1. The molecule has 1 aliphatic heterocycles. The van der Waals surface area contributed by atoms with Crippen LogP contribution in [0.4, 0.5) is 22.7 Å². The van der Waals surface area contributed by atoms with Crippen LogP contribution in [-0.4, -0.2) is 31.6 Å². The van der Waals surface area contributed by atoms with Crippen LogP contribution < -0.4 is 10.1 Å². The predicted molar refractivity (Wildman–Crippen MR) is 133 cm³/mol. The number of nitro benzene ring substituents is 2. The highest BCUT2D eigenvalue weighted by molar-refractivity contribution is 6.32. The highest BCUT2D eigenvalue weighted by Crippen LogP contribution is 2.43. The Bertz CT molecular complexity index is 1530. The average molecular weight is 513 g/mol. The van der Waals surface area contributed by atoms with Crippen molar-refractivity contribution in [3.8, 4) is 23.0 Å². The number of carbonyl (C=O) groups is 2. The molecule has 0 fully saturated rings. The van der Waals surface area contributed by atoms with Crippen molar-refractivity contribution in [2.45, 2.75) is 0 Å². The molecule has 4 aromatic carbocycles. The molecular weight excluding hydrogens is 498 g/mol. The number of fused-ring (bicyclic) bond motifs is 4. The van der Waals surface area contributed by atoms with Gasteiger partial charge >= 0.3 is 0 Å².